The summed E-state index contributed by atoms with van der Waals surface area (Å²) in [6.45, 7) is 6.15. The second-order valence-corrected chi connectivity index (χ2v) is 12.2. The van der Waals surface area contributed by atoms with E-state index in [0.717, 1.165) is 41.0 Å². The van der Waals surface area contributed by atoms with Crippen LogP contribution in [0.4, 0.5) is 26.1 Å². The smallest absolute Gasteiger partial charge is 0.260 e. The molecule has 8 nitrogen and oxygen atoms in total. The first-order valence-corrected chi connectivity index (χ1v) is 14.9. The standard InChI is InChI=1S/C28H31F2N7OS/c1-16(2)18-4-5-22(36-13-17(14-36)15-39(3)38)20-11-32-26(10-19(18)20)34-25-8-9-31-28(35-25)21-12-33-37-23(21)6-7-24(37)27(29)30/h4-5,8-12,16-17,24,27H,6-7,13-15H2,1-3H3,(H,31,32,34,35). The third-order valence-electron chi connectivity index (χ3n) is 7.64. The normalized spacial score (nSPS) is 18.1. The van der Waals surface area contributed by atoms with Gasteiger partial charge in [0.05, 0.1) is 17.5 Å². The molecule has 204 valence electrons. The lowest BCUT2D eigenvalue weighted by Crippen LogP contribution is -2.49. The van der Waals surface area contributed by atoms with Crippen LogP contribution in [-0.4, -0.2) is 60.5 Å². The van der Waals surface area contributed by atoms with E-state index in [0.29, 0.717) is 47.7 Å². The Morgan fingerprint density at radius 2 is 1.92 bits per heavy atom. The van der Waals surface area contributed by atoms with Gasteiger partial charge in [-0.1, -0.05) is 19.9 Å². The summed E-state index contributed by atoms with van der Waals surface area (Å²) in [4.78, 5) is 16.1. The molecule has 2 aliphatic heterocycles. The molecule has 0 bridgehead atoms. The molecule has 11 heteroatoms. The number of halogens is 2. The zero-order valence-electron chi connectivity index (χ0n) is 22.1. The van der Waals surface area contributed by atoms with Crippen LogP contribution in [0.15, 0.2) is 42.9 Å². The topological polar surface area (TPSA) is 88.8 Å². The first-order chi connectivity index (χ1) is 18.8. The van der Waals surface area contributed by atoms with Crippen LogP contribution in [0.1, 0.15) is 43.5 Å². The SMILES string of the molecule is CC(C)c1ccc(N2CC(CS(C)=O)C2)c2cnc(Nc3ccnc(-c4cnn5c4CCC5C(F)F)n3)cc12. The third-order valence-corrected chi connectivity index (χ3v) is 8.58. The molecule has 2 aliphatic rings. The Kier molecular flexibility index (Phi) is 6.78. The molecule has 1 N–H and O–H groups in total. The summed E-state index contributed by atoms with van der Waals surface area (Å²) in [5.41, 5.74) is 3.81. The zero-order chi connectivity index (χ0) is 27.3. The molecule has 0 aliphatic carbocycles. The van der Waals surface area contributed by atoms with Crippen LogP contribution in [0.2, 0.25) is 0 Å². The lowest BCUT2D eigenvalue weighted by molar-refractivity contribution is 0.0808. The fraction of sp³-hybridized carbons (Fsp3) is 0.429. The highest BCUT2D eigenvalue weighted by atomic mass is 32.2. The van der Waals surface area contributed by atoms with Crippen molar-refractivity contribution >= 4 is 38.9 Å². The zero-order valence-corrected chi connectivity index (χ0v) is 23.0. The van der Waals surface area contributed by atoms with Gasteiger partial charge in [0.25, 0.3) is 6.43 Å². The van der Waals surface area contributed by atoms with Gasteiger partial charge in [-0.05, 0) is 47.9 Å². The number of rotatable bonds is 8. The van der Waals surface area contributed by atoms with E-state index < -0.39 is 23.3 Å². The molecule has 39 heavy (non-hydrogen) atoms. The van der Waals surface area contributed by atoms with Gasteiger partial charge >= 0.3 is 0 Å². The molecular weight excluding hydrogens is 520 g/mol. The van der Waals surface area contributed by atoms with Crippen LogP contribution < -0.4 is 10.2 Å². The molecular formula is C28H31F2N7OS. The van der Waals surface area contributed by atoms with E-state index in [4.69, 9.17) is 4.98 Å². The number of hydrogen-bond acceptors (Lipinski definition) is 7. The van der Waals surface area contributed by atoms with Gasteiger partial charge in [0.15, 0.2) is 5.82 Å². The average Bonchev–Trinajstić information content (AvgIpc) is 3.48. The average molecular weight is 552 g/mol. The second kappa shape index (κ2) is 10.3. The maximum Gasteiger partial charge on any atom is 0.260 e. The first-order valence-electron chi connectivity index (χ1n) is 13.2. The summed E-state index contributed by atoms with van der Waals surface area (Å²) in [5.74, 6) is 3.19. The Morgan fingerprint density at radius 1 is 1.10 bits per heavy atom. The number of nitrogens with one attached hydrogen (secondary N) is 1. The lowest BCUT2D eigenvalue weighted by Gasteiger charge is -2.41. The molecule has 3 aromatic heterocycles. The first kappa shape index (κ1) is 25.8. The number of nitrogens with zero attached hydrogens (tertiary/aromatic N) is 6. The van der Waals surface area contributed by atoms with Crippen LogP contribution in [0.5, 0.6) is 0 Å². The maximum atomic E-state index is 13.4. The second-order valence-electron chi connectivity index (χ2n) is 10.7. The summed E-state index contributed by atoms with van der Waals surface area (Å²) in [6.07, 6.45) is 5.33. The Bertz CT molecular complexity index is 1550. The van der Waals surface area contributed by atoms with Crippen LogP contribution in [0.25, 0.3) is 22.2 Å². The van der Waals surface area contributed by atoms with Crippen molar-refractivity contribution in [1.29, 1.82) is 0 Å². The highest BCUT2D eigenvalue weighted by Crippen LogP contribution is 2.38. The summed E-state index contributed by atoms with van der Waals surface area (Å²) in [5, 5.41) is 9.74. The van der Waals surface area contributed by atoms with Gasteiger partial charge in [-0.15, -0.1) is 0 Å². The van der Waals surface area contributed by atoms with Crippen LogP contribution in [0, 0.1) is 5.92 Å². The summed E-state index contributed by atoms with van der Waals surface area (Å²) in [7, 11) is -0.783. The summed E-state index contributed by atoms with van der Waals surface area (Å²) in [6, 6.07) is 7.28. The third kappa shape index (κ3) is 4.88. The largest absolute Gasteiger partial charge is 0.370 e. The van der Waals surface area contributed by atoms with Crippen LogP contribution in [0.3, 0.4) is 0 Å². The molecule has 0 spiro atoms. The molecule has 2 atom stereocenters. The predicted molar refractivity (Wildman–Crippen MR) is 150 cm³/mol. The van der Waals surface area contributed by atoms with Crippen molar-refractivity contribution in [2.24, 2.45) is 5.92 Å². The highest BCUT2D eigenvalue weighted by Gasteiger charge is 2.33. The molecule has 1 saturated heterocycles. The molecule has 0 saturated carbocycles. The van der Waals surface area contributed by atoms with E-state index in [-0.39, 0.29) is 0 Å². The van der Waals surface area contributed by atoms with E-state index in [1.165, 1.54) is 10.2 Å². The minimum absolute atomic E-state index is 0.329. The monoisotopic (exact) mass is 551 g/mol. The maximum absolute atomic E-state index is 13.4. The van der Waals surface area contributed by atoms with Crippen LogP contribution >= 0.6 is 0 Å². The van der Waals surface area contributed by atoms with Gasteiger partial charge in [-0.3, -0.25) is 8.89 Å². The number of anilines is 3. The van der Waals surface area contributed by atoms with Crippen molar-refractivity contribution in [3.05, 3.63) is 54.1 Å². The minimum atomic E-state index is -2.45. The van der Waals surface area contributed by atoms with E-state index in [9.17, 15) is 13.0 Å². The predicted octanol–water partition coefficient (Wildman–Crippen LogP) is 5.32. The number of fused-ring (bicyclic) bond motifs is 2. The van der Waals surface area contributed by atoms with Gasteiger partial charge in [0.2, 0.25) is 0 Å². The molecule has 0 amide bonds. The van der Waals surface area contributed by atoms with E-state index in [1.807, 2.05) is 6.20 Å². The van der Waals surface area contributed by atoms with Crippen molar-refractivity contribution < 1.29 is 13.0 Å². The molecule has 4 aromatic rings. The van der Waals surface area contributed by atoms with E-state index in [1.54, 1.807) is 24.7 Å². The fourth-order valence-electron chi connectivity index (χ4n) is 5.74. The van der Waals surface area contributed by atoms with Crippen LogP contribution in [-0.2, 0) is 17.2 Å². The van der Waals surface area contributed by atoms with Crippen molar-refractivity contribution in [3.63, 3.8) is 0 Å². The lowest BCUT2D eigenvalue weighted by atomic mass is 9.93. The Balaban J connectivity index is 1.28. The van der Waals surface area contributed by atoms with Gasteiger partial charge in [0.1, 0.15) is 17.7 Å². The molecule has 6 rings (SSSR count). The van der Waals surface area contributed by atoms with Crippen molar-refractivity contribution in [3.8, 4) is 11.4 Å². The molecule has 0 radical (unpaired) electrons. The quantitative estimate of drug-likeness (QED) is 0.317. The van der Waals surface area contributed by atoms with Gasteiger partial charge in [-0.25, -0.2) is 23.7 Å². The number of aromatic nitrogens is 5. The fourth-order valence-corrected chi connectivity index (χ4v) is 6.61. The number of pyridine rings is 1. The van der Waals surface area contributed by atoms with Crippen molar-refractivity contribution in [1.82, 2.24) is 24.7 Å². The Hall–Kier alpha value is -3.47. The molecule has 2 unspecified atom stereocenters. The van der Waals surface area contributed by atoms with Gasteiger partial charge in [0, 0.05) is 65.3 Å². The van der Waals surface area contributed by atoms with Crippen molar-refractivity contribution in [2.75, 3.05) is 35.3 Å². The van der Waals surface area contributed by atoms with Gasteiger partial charge < -0.3 is 10.2 Å². The number of hydrogen-bond donors (Lipinski definition) is 1. The number of alkyl halides is 2. The van der Waals surface area contributed by atoms with Crippen molar-refractivity contribution in [2.45, 2.75) is 45.1 Å². The minimum Gasteiger partial charge on any atom is -0.370 e. The summed E-state index contributed by atoms with van der Waals surface area (Å²) >= 11 is 0. The van der Waals surface area contributed by atoms with E-state index >= 15 is 0 Å². The Labute approximate surface area is 228 Å². The molecule has 1 aromatic carbocycles. The summed E-state index contributed by atoms with van der Waals surface area (Å²) < 4.78 is 39.8. The Morgan fingerprint density at radius 3 is 2.67 bits per heavy atom. The van der Waals surface area contributed by atoms with E-state index in [2.05, 4.69) is 57.3 Å². The molecule has 1 fully saturated rings. The van der Waals surface area contributed by atoms with Gasteiger partial charge in [-0.2, -0.15) is 5.10 Å². The highest BCUT2D eigenvalue weighted by molar-refractivity contribution is 7.84. The molecule has 5 heterocycles. The number of benzene rings is 1.